The summed E-state index contributed by atoms with van der Waals surface area (Å²) in [6.45, 7) is 0. The fourth-order valence-corrected chi connectivity index (χ4v) is 2.22. The molecule has 0 spiro atoms. The monoisotopic (exact) mass is 283 g/mol. The number of fused-ring (bicyclic) bond motifs is 1. The average Bonchev–Trinajstić information content (AvgIpc) is 2.81. The fourth-order valence-electron chi connectivity index (χ4n) is 2.22. The van der Waals surface area contributed by atoms with Gasteiger partial charge in [-0.2, -0.15) is 0 Å². The van der Waals surface area contributed by atoms with Crippen molar-refractivity contribution in [1.82, 2.24) is 9.55 Å². The number of hydrogen-bond donors (Lipinski definition) is 2. The number of hydrogen-bond acceptors (Lipinski definition) is 4. The van der Waals surface area contributed by atoms with Crippen LogP contribution in [0.25, 0.3) is 11.0 Å². The normalized spacial score (nSPS) is 10.7. The van der Waals surface area contributed by atoms with Crippen LogP contribution >= 0.6 is 0 Å². The molecule has 0 amide bonds. The van der Waals surface area contributed by atoms with Gasteiger partial charge in [0.05, 0.1) is 18.1 Å². The second kappa shape index (κ2) is 4.82. The number of anilines is 1. The number of aromatic amines is 1. The third-order valence-corrected chi connectivity index (χ3v) is 3.23. The highest BCUT2D eigenvalue weighted by atomic mass is 16.5. The van der Waals surface area contributed by atoms with Crippen LogP contribution in [0.5, 0.6) is 5.75 Å². The number of nitrogen functional groups attached to an aromatic ring is 1. The Bertz CT molecular complexity index is 893. The minimum Gasteiger partial charge on any atom is -0.497 e. The molecule has 2 aromatic carbocycles. The molecule has 3 rings (SSSR count). The lowest BCUT2D eigenvalue weighted by Gasteiger charge is -2.05. The van der Waals surface area contributed by atoms with Gasteiger partial charge in [-0.3, -0.25) is 4.79 Å². The van der Waals surface area contributed by atoms with Crippen LogP contribution in [0.4, 0.5) is 5.69 Å². The number of H-pyrrole nitrogens is 1. The van der Waals surface area contributed by atoms with Gasteiger partial charge in [-0.05, 0) is 36.4 Å². The van der Waals surface area contributed by atoms with Crippen molar-refractivity contribution in [3.05, 3.63) is 58.5 Å². The molecular weight excluding hydrogens is 270 g/mol. The molecular formula is C15H13N3O3. The van der Waals surface area contributed by atoms with Crippen LogP contribution in [-0.4, -0.2) is 22.6 Å². The highest BCUT2D eigenvalue weighted by Crippen LogP contribution is 2.17. The average molecular weight is 283 g/mol. The van der Waals surface area contributed by atoms with E-state index in [-0.39, 0.29) is 0 Å². The Morgan fingerprint density at radius 1 is 1.24 bits per heavy atom. The number of benzene rings is 2. The molecule has 0 fully saturated rings. The van der Waals surface area contributed by atoms with Crippen LogP contribution in [0.3, 0.4) is 0 Å². The van der Waals surface area contributed by atoms with E-state index in [2.05, 4.69) is 4.98 Å². The summed E-state index contributed by atoms with van der Waals surface area (Å²) in [5.74, 6) is 0.132. The van der Waals surface area contributed by atoms with Crippen molar-refractivity contribution < 1.29 is 9.53 Å². The van der Waals surface area contributed by atoms with Gasteiger partial charge in [0, 0.05) is 11.3 Å². The van der Waals surface area contributed by atoms with Gasteiger partial charge in [0.1, 0.15) is 5.75 Å². The zero-order valence-electron chi connectivity index (χ0n) is 11.3. The van der Waals surface area contributed by atoms with Crippen LogP contribution in [0.1, 0.15) is 10.4 Å². The highest BCUT2D eigenvalue weighted by Gasteiger charge is 2.16. The van der Waals surface area contributed by atoms with Crippen molar-refractivity contribution in [3.8, 4) is 5.75 Å². The topological polar surface area (TPSA) is 90.1 Å². The van der Waals surface area contributed by atoms with E-state index >= 15 is 0 Å². The predicted octanol–water partition coefficient (Wildman–Crippen LogP) is 1.61. The minimum atomic E-state index is -0.497. The van der Waals surface area contributed by atoms with Crippen LogP contribution in [0, 0.1) is 0 Å². The maximum Gasteiger partial charge on any atom is 0.333 e. The summed E-state index contributed by atoms with van der Waals surface area (Å²) in [7, 11) is 1.52. The third-order valence-electron chi connectivity index (χ3n) is 3.23. The van der Waals surface area contributed by atoms with Gasteiger partial charge in [-0.25, -0.2) is 9.36 Å². The lowest BCUT2D eigenvalue weighted by molar-refractivity contribution is 0.0960. The second-order valence-electron chi connectivity index (χ2n) is 4.58. The maximum atomic E-state index is 12.6. The molecule has 1 aromatic heterocycles. The van der Waals surface area contributed by atoms with E-state index in [1.54, 1.807) is 42.5 Å². The van der Waals surface area contributed by atoms with Crippen molar-refractivity contribution in [3.63, 3.8) is 0 Å². The summed E-state index contributed by atoms with van der Waals surface area (Å²) in [6, 6.07) is 11.6. The first-order valence-electron chi connectivity index (χ1n) is 6.29. The molecule has 106 valence electrons. The van der Waals surface area contributed by atoms with Crippen LogP contribution in [0.15, 0.2) is 47.3 Å². The van der Waals surface area contributed by atoms with E-state index in [0.717, 1.165) is 4.57 Å². The molecule has 3 aromatic rings. The van der Waals surface area contributed by atoms with Crippen LogP contribution in [-0.2, 0) is 0 Å². The number of methoxy groups -OCH3 is 1. The number of nitrogens with two attached hydrogens (primary N) is 1. The first-order valence-corrected chi connectivity index (χ1v) is 6.29. The van der Waals surface area contributed by atoms with Gasteiger partial charge in [0.2, 0.25) is 0 Å². The maximum absolute atomic E-state index is 12.6. The summed E-state index contributed by atoms with van der Waals surface area (Å²) >= 11 is 0. The number of nitrogens with zero attached hydrogens (tertiary/aromatic N) is 1. The molecule has 6 nitrogen and oxygen atoms in total. The van der Waals surface area contributed by atoms with Gasteiger partial charge in [0.15, 0.2) is 0 Å². The molecule has 0 saturated heterocycles. The van der Waals surface area contributed by atoms with Gasteiger partial charge >= 0.3 is 5.69 Å². The molecule has 21 heavy (non-hydrogen) atoms. The van der Waals surface area contributed by atoms with E-state index in [4.69, 9.17) is 10.5 Å². The zero-order valence-corrected chi connectivity index (χ0v) is 11.3. The second-order valence-corrected chi connectivity index (χ2v) is 4.58. The molecule has 0 saturated carbocycles. The Hall–Kier alpha value is -3.02. The van der Waals surface area contributed by atoms with Crippen molar-refractivity contribution in [2.75, 3.05) is 12.8 Å². The first kappa shape index (κ1) is 13.0. The van der Waals surface area contributed by atoms with Crippen LogP contribution < -0.4 is 16.2 Å². The summed E-state index contributed by atoms with van der Waals surface area (Å²) < 4.78 is 6.18. The number of rotatable bonds is 2. The first-order chi connectivity index (χ1) is 10.1. The van der Waals surface area contributed by atoms with E-state index < -0.39 is 11.6 Å². The summed E-state index contributed by atoms with van der Waals surface area (Å²) in [4.78, 5) is 27.2. The number of imidazole rings is 1. The third kappa shape index (κ3) is 2.16. The zero-order chi connectivity index (χ0) is 15.0. The molecule has 3 N–H and O–H groups in total. The molecule has 0 unspecified atom stereocenters. The fraction of sp³-hybridized carbons (Fsp3) is 0.0667. The quantitative estimate of drug-likeness (QED) is 0.699. The van der Waals surface area contributed by atoms with Crippen molar-refractivity contribution in [2.24, 2.45) is 0 Å². The van der Waals surface area contributed by atoms with E-state index in [9.17, 15) is 9.59 Å². The molecule has 6 heteroatoms. The van der Waals surface area contributed by atoms with Gasteiger partial charge in [0.25, 0.3) is 5.91 Å². The lowest BCUT2D eigenvalue weighted by Crippen LogP contribution is -2.24. The summed E-state index contributed by atoms with van der Waals surface area (Å²) in [6.07, 6.45) is 0. The van der Waals surface area contributed by atoms with E-state index in [1.807, 2.05) is 0 Å². The Labute approximate surface area is 119 Å². The number of ether oxygens (including phenoxy) is 1. The summed E-state index contributed by atoms with van der Waals surface area (Å²) in [5, 5.41) is 0. The molecule has 0 atom stereocenters. The Morgan fingerprint density at radius 3 is 2.81 bits per heavy atom. The minimum absolute atomic E-state index is 0.370. The molecule has 0 aliphatic carbocycles. The SMILES string of the molecule is COc1cccc(C(=O)n2c(=O)[nH]c3cc(N)ccc32)c1. The number of nitrogens with one attached hydrogen (secondary N) is 1. The Balaban J connectivity index is 2.17. The largest absolute Gasteiger partial charge is 0.497 e. The standard InChI is InChI=1S/C15H13N3O3/c1-21-11-4-2-3-9(7-11)14(19)18-13-6-5-10(16)8-12(13)17-15(18)20/h2-8H,16H2,1H3,(H,17,20). The smallest absolute Gasteiger partial charge is 0.333 e. The molecule has 0 radical (unpaired) electrons. The van der Waals surface area contributed by atoms with Gasteiger partial charge in [-0.1, -0.05) is 6.07 Å². The Morgan fingerprint density at radius 2 is 2.05 bits per heavy atom. The number of aromatic nitrogens is 2. The predicted molar refractivity (Wildman–Crippen MR) is 79.7 cm³/mol. The van der Waals surface area contributed by atoms with E-state index in [0.29, 0.717) is 28.0 Å². The molecule has 0 bridgehead atoms. The van der Waals surface area contributed by atoms with Crippen molar-refractivity contribution in [1.29, 1.82) is 0 Å². The molecule has 1 heterocycles. The van der Waals surface area contributed by atoms with Crippen LogP contribution in [0.2, 0.25) is 0 Å². The number of carbonyl (C=O) groups is 1. The Kier molecular flexibility index (Phi) is 2.98. The molecule has 0 aliphatic heterocycles. The summed E-state index contributed by atoms with van der Waals surface area (Å²) in [5.41, 5.74) is 7.08. The highest BCUT2D eigenvalue weighted by molar-refractivity contribution is 6.01. The van der Waals surface area contributed by atoms with Gasteiger partial charge < -0.3 is 15.5 Å². The van der Waals surface area contributed by atoms with E-state index in [1.165, 1.54) is 7.11 Å². The van der Waals surface area contributed by atoms with Crippen molar-refractivity contribution in [2.45, 2.75) is 0 Å². The molecule has 0 aliphatic rings. The van der Waals surface area contributed by atoms with Crippen molar-refractivity contribution >= 4 is 22.6 Å². The number of carbonyl (C=O) groups excluding carboxylic acids is 1. The van der Waals surface area contributed by atoms with Gasteiger partial charge in [-0.15, -0.1) is 0 Å². The lowest BCUT2D eigenvalue weighted by atomic mass is 10.2.